The van der Waals surface area contributed by atoms with Crippen molar-refractivity contribution in [1.29, 1.82) is 0 Å². The number of hydrogen-bond acceptors (Lipinski definition) is 5. The summed E-state index contributed by atoms with van der Waals surface area (Å²) in [6.07, 6.45) is 3.66. The highest BCUT2D eigenvalue weighted by Gasteiger charge is 2.47. The molecule has 0 saturated carbocycles. The maximum Gasteiger partial charge on any atom is 0.129 e. The Kier molecular flexibility index (Phi) is 7.25. The first kappa shape index (κ1) is 29.4. The van der Waals surface area contributed by atoms with Gasteiger partial charge in [-0.25, -0.2) is 0 Å². The van der Waals surface area contributed by atoms with Gasteiger partial charge >= 0.3 is 0 Å². The lowest BCUT2D eigenvalue weighted by molar-refractivity contribution is 0.480. The number of nitrogens with zero attached hydrogens (tertiary/aromatic N) is 5. The van der Waals surface area contributed by atoms with Crippen molar-refractivity contribution in [2.24, 2.45) is 0 Å². The summed E-state index contributed by atoms with van der Waals surface area (Å²) < 4.78 is 6.61. The van der Waals surface area contributed by atoms with E-state index in [-0.39, 0.29) is 0 Å². The highest BCUT2D eigenvalue weighted by molar-refractivity contribution is 5.89. The molecule has 0 saturated heterocycles. The SMILES string of the molecule is c1ccc(-c2cnn(-c3cccc(Oc4cccc(C5(c6ccccn6)c6ccccc6N(c6ccccc6)c6ccccc65)c4)c3)n2)cc1. The topological polar surface area (TPSA) is 56.1 Å². The third kappa shape index (κ3) is 4.93. The molecule has 50 heavy (non-hydrogen) atoms. The second kappa shape index (κ2) is 12.3. The van der Waals surface area contributed by atoms with Gasteiger partial charge in [0.05, 0.1) is 34.4 Å². The monoisotopic (exact) mass is 645 g/mol. The summed E-state index contributed by atoms with van der Waals surface area (Å²) in [5, 5.41) is 9.27. The van der Waals surface area contributed by atoms with Crippen LogP contribution in [0, 0.1) is 0 Å². The minimum Gasteiger partial charge on any atom is -0.457 e. The second-order valence-corrected chi connectivity index (χ2v) is 12.2. The highest BCUT2D eigenvalue weighted by atomic mass is 16.5. The average molecular weight is 646 g/mol. The molecule has 6 heteroatoms. The van der Waals surface area contributed by atoms with Gasteiger partial charge < -0.3 is 9.64 Å². The van der Waals surface area contributed by atoms with Crippen LogP contribution in [0.5, 0.6) is 11.5 Å². The van der Waals surface area contributed by atoms with Crippen LogP contribution in [0.3, 0.4) is 0 Å². The molecule has 6 nitrogen and oxygen atoms in total. The zero-order valence-corrected chi connectivity index (χ0v) is 27.0. The van der Waals surface area contributed by atoms with Crippen LogP contribution in [-0.4, -0.2) is 20.0 Å². The van der Waals surface area contributed by atoms with E-state index in [1.807, 2.05) is 72.9 Å². The van der Waals surface area contributed by atoms with Crippen molar-refractivity contribution in [1.82, 2.24) is 20.0 Å². The number of aromatic nitrogens is 4. The fraction of sp³-hybridized carbons (Fsp3) is 0.0227. The highest BCUT2D eigenvalue weighted by Crippen LogP contribution is 2.57. The molecule has 1 aliphatic heterocycles. The third-order valence-electron chi connectivity index (χ3n) is 9.27. The largest absolute Gasteiger partial charge is 0.457 e. The number of rotatable bonds is 7. The summed E-state index contributed by atoms with van der Waals surface area (Å²) in [6, 6.07) is 60.3. The Balaban J connectivity index is 1.17. The van der Waals surface area contributed by atoms with E-state index in [0.29, 0.717) is 11.5 Å². The molecular weight excluding hydrogens is 615 g/mol. The van der Waals surface area contributed by atoms with E-state index in [0.717, 1.165) is 56.4 Å². The van der Waals surface area contributed by atoms with Crippen LogP contribution in [0.4, 0.5) is 17.1 Å². The van der Waals surface area contributed by atoms with Crippen molar-refractivity contribution in [3.8, 4) is 28.4 Å². The first-order valence-electron chi connectivity index (χ1n) is 16.6. The van der Waals surface area contributed by atoms with Crippen LogP contribution in [0.25, 0.3) is 16.9 Å². The number of para-hydroxylation sites is 3. The Labute approximate surface area is 290 Å². The van der Waals surface area contributed by atoms with Crippen molar-refractivity contribution in [2.45, 2.75) is 5.41 Å². The number of fused-ring (bicyclic) bond motifs is 2. The standard InChI is InChI=1S/C44H31N5O/c1-3-15-32(16-4-1)40-31-46-49(47-40)35-20-14-22-37(30-35)50-36-21-13-17-33(29-36)44(43-27-11-12-28-45-43)38-23-7-9-25-41(38)48(34-18-5-2-6-19-34)42-26-10-8-24-39(42)44/h1-31H. The maximum absolute atomic E-state index is 6.61. The fourth-order valence-electron chi connectivity index (χ4n) is 7.15. The van der Waals surface area contributed by atoms with Crippen molar-refractivity contribution >= 4 is 17.1 Å². The van der Waals surface area contributed by atoms with Gasteiger partial charge in [-0.15, -0.1) is 5.10 Å². The van der Waals surface area contributed by atoms with Gasteiger partial charge in [-0.3, -0.25) is 4.98 Å². The van der Waals surface area contributed by atoms with Gasteiger partial charge in [0.2, 0.25) is 0 Å². The summed E-state index contributed by atoms with van der Waals surface area (Å²) in [4.78, 5) is 9.04. The number of ether oxygens (including phenoxy) is 1. The molecule has 8 aromatic rings. The van der Waals surface area contributed by atoms with Crippen LogP contribution < -0.4 is 9.64 Å². The van der Waals surface area contributed by atoms with E-state index in [1.54, 1.807) is 11.0 Å². The van der Waals surface area contributed by atoms with Crippen LogP contribution in [0.1, 0.15) is 22.4 Å². The molecule has 0 radical (unpaired) electrons. The average Bonchev–Trinajstić information content (AvgIpc) is 3.69. The maximum atomic E-state index is 6.61. The lowest BCUT2D eigenvalue weighted by Gasteiger charge is -2.45. The summed E-state index contributed by atoms with van der Waals surface area (Å²) in [6.45, 7) is 0. The van der Waals surface area contributed by atoms with Gasteiger partial charge in [0.15, 0.2) is 0 Å². The summed E-state index contributed by atoms with van der Waals surface area (Å²) in [5.41, 5.74) is 9.47. The van der Waals surface area contributed by atoms with E-state index in [9.17, 15) is 0 Å². The normalized spacial score (nSPS) is 12.9. The minimum absolute atomic E-state index is 0.685. The van der Waals surface area contributed by atoms with Gasteiger partial charge in [-0.2, -0.15) is 9.90 Å². The molecule has 2 aromatic heterocycles. The Morgan fingerprint density at radius 2 is 1.14 bits per heavy atom. The Morgan fingerprint density at radius 1 is 0.520 bits per heavy atom. The number of anilines is 3. The van der Waals surface area contributed by atoms with Crippen LogP contribution >= 0.6 is 0 Å². The quantitative estimate of drug-likeness (QED) is 0.173. The molecule has 0 unspecified atom stereocenters. The van der Waals surface area contributed by atoms with E-state index in [1.165, 1.54) is 0 Å². The molecule has 9 rings (SSSR count). The van der Waals surface area contributed by atoms with Crippen LogP contribution in [0.2, 0.25) is 0 Å². The first-order valence-corrected chi connectivity index (χ1v) is 16.6. The predicted octanol–water partition coefficient (Wildman–Crippen LogP) is 10.3. The second-order valence-electron chi connectivity index (χ2n) is 12.2. The lowest BCUT2D eigenvalue weighted by Crippen LogP contribution is -2.38. The zero-order chi connectivity index (χ0) is 33.3. The minimum atomic E-state index is -0.728. The number of benzene rings is 6. The van der Waals surface area contributed by atoms with Crippen LogP contribution in [0.15, 0.2) is 188 Å². The van der Waals surface area contributed by atoms with Gasteiger partial charge in [-0.1, -0.05) is 109 Å². The summed E-state index contributed by atoms with van der Waals surface area (Å²) >= 11 is 0. The van der Waals surface area contributed by atoms with Gasteiger partial charge in [0, 0.05) is 23.5 Å². The zero-order valence-electron chi connectivity index (χ0n) is 27.0. The van der Waals surface area contributed by atoms with E-state index >= 15 is 0 Å². The molecule has 1 aliphatic rings. The van der Waals surface area contributed by atoms with Crippen LogP contribution in [-0.2, 0) is 5.41 Å². The summed E-state index contributed by atoms with van der Waals surface area (Å²) in [7, 11) is 0. The lowest BCUT2D eigenvalue weighted by atomic mass is 9.64. The Morgan fingerprint density at radius 3 is 1.86 bits per heavy atom. The molecule has 0 aliphatic carbocycles. The molecule has 6 aromatic carbocycles. The molecule has 0 fully saturated rings. The number of pyridine rings is 1. The smallest absolute Gasteiger partial charge is 0.129 e. The van der Waals surface area contributed by atoms with Crippen molar-refractivity contribution in [3.63, 3.8) is 0 Å². The molecule has 0 atom stereocenters. The molecule has 3 heterocycles. The first-order chi connectivity index (χ1) is 24.8. The Hall–Kier alpha value is -6.79. The van der Waals surface area contributed by atoms with Gasteiger partial charge in [0.25, 0.3) is 0 Å². The summed E-state index contributed by atoms with van der Waals surface area (Å²) in [5.74, 6) is 1.40. The fourth-order valence-corrected chi connectivity index (χ4v) is 7.15. The Bertz CT molecular complexity index is 2380. The van der Waals surface area contributed by atoms with E-state index in [4.69, 9.17) is 14.8 Å². The molecule has 0 amide bonds. The van der Waals surface area contributed by atoms with Gasteiger partial charge in [0.1, 0.15) is 17.2 Å². The third-order valence-corrected chi connectivity index (χ3v) is 9.27. The molecule has 0 N–H and O–H groups in total. The molecule has 238 valence electrons. The van der Waals surface area contributed by atoms with E-state index in [2.05, 4.69) is 119 Å². The van der Waals surface area contributed by atoms with Crippen molar-refractivity contribution in [3.05, 3.63) is 211 Å². The van der Waals surface area contributed by atoms with E-state index < -0.39 is 5.41 Å². The number of hydrogen-bond donors (Lipinski definition) is 0. The van der Waals surface area contributed by atoms with Crippen molar-refractivity contribution in [2.75, 3.05) is 4.90 Å². The predicted molar refractivity (Wildman–Crippen MR) is 198 cm³/mol. The molecular formula is C44H31N5O. The molecule has 0 bridgehead atoms. The van der Waals surface area contributed by atoms with Gasteiger partial charge in [-0.05, 0) is 77.4 Å². The molecule has 0 spiro atoms. The van der Waals surface area contributed by atoms with Crippen molar-refractivity contribution < 1.29 is 4.74 Å².